The number of methoxy groups -OCH3 is 1. The summed E-state index contributed by atoms with van der Waals surface area (Å²) in [7, 11) is 1.67. The maximum Gasteiger partial charge on any atom is 0.242 e. The van der Waals surface area contributed by atoms with Crippen molar-refractivity contribution in [1.29, 1.82) is 0 Å². The summed E-state index contributed by atoms with van der Waals surface area (Å²) in [5.41, 5.74) is 1.28. The van der Waals surface area contributed by atoms with Gasteiger partial charge in [0.2, 0.25) is 5.91 Å². The van der Waals surface area contributed by atoms with E-state index in [2.05, 4.69) is 17.4 Å². The minimum Gasteiger partial charge on any atom is -0.497 e. The summed E-state index contributed by atoms with van der Waals surface area (Å²) in [6.07, 6.45) is 1.02. The maximum atomic E-state index is 12.4. The molecule has 0 radical (unpaired) electrons. The maximum absolute atomic E-state index is 12.4. The Balaban J connectivity index is 1.60. The summed E-state index contributed by atoms with van der Waals surface area (Å²) in [5, 5.41) is 3.23. The number of rotatable bonds is 3. The Labute approximate surface area is 125 Å². The lowest BCUT2D eigenvalue weighted by atomic mass is 9.98. The molecule has 2 heterocycles. The second-order valence-corrected chi connectivity index (χ2v) is 5.62. The van der Waals surface area contributed by atoms with Gasteiger partial charge in [0.25, 0.3) is 0 Å². The Morgan fingerprint density at radius 1 is 1.38 bits per heavy atom. The Hall–Kier alpha value is -1.59. The van der Waals surface area contributed by atoms with Crippen LogP contribution < -0.4 is 10.1 Å². The molecule has 0 spiro atoms. The van der Waals surface area contributed by atoms with Crippen molar-refractivity contribution in [2.45, 2.75) is 18.4 Å². The number of ether oxygens (including phenoxy) is 2. The van der Waals surface area contributed by atoms with Crippen LogP contribution in [0.4, 0.5) is 0 Å². The normalized spacial score (nSPS) is 25.9. The van der Waals surface area contributed by atoms with Crippen molar-refractivity contribution in [3.05, 3.63) is 29.8 Å². The molecular formula is C16H22N2O3. The Morgan fingerprint density at radius 3 is 2.86 bits per heavy atom. The predicted octanol–water partition coefficient (Wildman–Crippen LogP) is 0.999. The molecule has 0 aromatic heterocycles. The minimum absolute atomic E-state index is 0.172. The zero-order valence-electron chi connectivity index (χ0n) is 12.4. The van der Waals surface area contributed by atoms with Gasteiger partial charge in [-0.05, 0) is 24.1 Å². The van der Waals surface area contributed by atoms with Crippen molar-refractivity contribution >= 4 is 5.91 Å². The zero-order valence-corrected chi connectivity index (χ0v) is 12.4. The number of benzene rings is 1. The van der Waals surface area contributed by atoms with E-state index in [1.54, 1.807) is 7.11 Å². The Bertz CT molecular complexity index is 483. The molecule has 114 valence electrons. The summed E-state index contributed by atoms with van der Waals surface area (Å²) in [6.45, 7) is 3.56. The molecule has 5 heteroatoms. The minimum atomic E-state index is -0.173. The van der Waals surface area contributed by atoms with Crippen LogP contribution in [-0.4, -0.2) is 56.8 Å². The van der Waals surface area contributed by atoms with Crippen molar-refractivity contribution in [1.82, 2.24) is 10.2 Å². The van der Waals surface area contributed by atoms with E-state index in [1.165, 1.54) is 5.56 Å². The molecule has 1 N–H and O–H groups in total. The van der Waals surface area contributed by atoms with Crippen LogP contribution in [0, 0.1) is 0 Å². The van der Waals surface area contributed by atoms with Gasteiger partial charge in [-0.2, -0.15) is 0 Å². The summed E-state index contributed by atoms with van der Waals surface area (Å²) >= 11 is 0. The van der Waals surface area contributed by atoms with Gasteiger partial charge < -0.3 is 19.7 Å². The lowest BCUT2D eigenvalue weighted by Crippen LogP contribution is -2.52. The van der Waals surface area contributed by atoms with Crippen LogP contribution in [-0.2, 0) is 9.53 Å². The smallest absolute Gasteiger partial charge is 0.242 e. The number of likely N-dealkylation sites (tertiary alicyclic amines) is 1. The van der Waals surface area contributed by atoms with Gasteiger partial charge in [-0.15, -0.1) is 0 Å². The van der Waals surface area contributed by atoms with Crippen molar-refractivity contribution < 1.29 is 14.3 Å². The summed E-state index contributed by atoms with van der Waals surface area (Å²) in [4.78, 5) is 14.4. The summed E-state index contributed by atoms with van der Waals surface area (Å²) < 4.78 is 10.6. The lowest BCUT2D eigenvalue weighted by Gasteiger charge is -2.27. The second-order valence-electron chi connectivity index (χ2n) is 5.62. The fourth-order valence-electron chi connectivity index (χ4n) is 3.05. The third-order valence-corrected chi connectivity index (χ3v) is 4.31. The SMILES string of the molecule is COc1ccc(C2CCN(C(=O)C3COCCN3)C2)cc1. The molecule has 21 heavy (non-hydrogen) atoms. The van der Waals surface area contributed by atoms with Crippen LogP contribution in [0.2, 0.25) is 0 Å². The molecule has 2 unspecified atom stereocenters. The van der Waals surface area contributed by atoms with Crippen molar-refractivity contribution in [3.63, 3.8) is 0 Å². The number of carbonyl (C=O) groups excluding carboxylic acids is 1. The van der Waals surface area contributed by atoms with Crippen LogP contribution >= 0.6 is 0 Å². The average molecular weight is 290 g/mol. The van der Waals surface area contributed by atoms with Crippen molar-refractivity contribution in [2.75, 3.05) is 40.0 Å². The fourth-order valence-corrected chi connectivity index (χ4v) is 3.05. The fraction of sp³-hybridized carbons (Fsp3) is 0.562. The number of morpholine rings is 1. The van der Waals surface area contributed by atoms with Crippen molar-refractivity contribution in [2.24, 2.45) is 0 Å². The number of carbonyl (C=O) groups is 1. The van der Waals surface area contributed by atoms with Gasteiger partial charge in [0.05, 0.1) is 20.3 Å². The first-order valence-corrected chi connectivity index (χ1v) is 7.52. The van der Waals surface area contributed by atoms with E-state index in [0.717, 1.165) is 31.8 Å². The van der Waals surface area contributed by atoms with Gasteiger partial charge in [0.1, 0.15) is 11.8 Å². The van der Waals surface area contributed by atoms with E-state index < -0.39 is 0 Å². The third-order valence-electron chi connectivity index (χ3n) is 4.31. The van der Waals surface area contributed by atoms with Gasteiger partial charge in [-0.25, -0.2) is 0 Å². The molecule has 0 saturated carbocycles. The van der Waals surface area contributed by atoms with E-state index in [4.69, 9.17) is 9.47 Å². The largest absolute Gasteiger partial charge is 0.497 e. The zero-order chi connectivity index (χ0) is 14.7. The predicted molar refractivity (Wildman–Crippen MR) is 79.5 cm³/mol. The molecule has 1 aromatic carbocycles. The first-order valence-electron chi connectivity index (χ1n) is 7.52. The first-order chi connectivity index (χ1) is 10.3. The van der Waals surface area contributed by atoms with Gasteiger partial charge in [0.15, 0.2) is 0 Å². The highest BCUT2D eigenvalue weighted by Crippen LogP contribution is 2.28. The molecule has 2 saturated heterocycles. The monoisotopic (exact) mass is 290 g/mol. The molecule has 3 rings (SSSR count). The first kappa shape index (κ1) is 14.4. The summed E-state index contributed by atoms with van der Waals surface area (Å²) in [6, 6.07) is 7.99. The van der Waals surface area contributed by atoms with Gasteiger partial charge >= 0.3 is 0 Å². The Kier molecular flexibility index (Phi) is 4.41. The number of hydrogen-bond donors (Lipinski definition) is 1. The molecule has 5 nitrogen and oxygen atoms in total. The number of amides is 1. The van der Waals surface area contributed by atoms with E-state index >= 15 is 0 Å². The second kappa shape index (κ2) is 6.45. The molecule has 1 aromatic rings. The van der Waals surface area contributed by atoms with Gasteiger partial charge in [0, 0.05) is 25.6 Å². The highest BCUT2D eigenvalue weighted by atomic mass is 16.5. The summed E-state index contributed by atoms with van der Waals surface area (Å²) in [5.74, 6) is 1.46. The lowest BCUT2D eigenvalue weighted by molar-refractivity contribution is -0.135. The van der Waals surface area contributed by atoms with Crippen LogP contribution in [0.15, 0.2) is 24.3 Å². The van der Waals surface area contributed by atoms with Crippen LogP contribution in [0.5, 0.6) is 5.75 Å². The number of hydrogen-bond acceptors (Lipinski definition) is 4. The molecule has 2 fully saturated rings. The van der Waals surface area contributed by atoms with E-state index in [-0.39, 0.29) is 11.9 Å². The number of nitrogens with zero attached hydrogens (tertiary/aromatic N) is 1. The molecule has 2 aliphatic heterocycles. The standard InChI is InChI=1S/C16H22N2O3/c1-20-14-4-2-12(3-5-14)13-6-8-18(10-13)16(19)15-11-21-9-7-17-15/h2-5,13,15,17H,6-11H2,1H3. The van der Waals surface area contributed by atoms with Crippen LogP contribution in [0.1, 0.15) is 17.9 Å². The third kappa shape index (κ3) is 3.19. The highest BCUT2D eigenvalue weighted by Gasteiger charge is 2.32. The average Bonchev–Trinajstić information content (AvgIpc) is 3.05. The molecule has 1 amide bonds. The van der Waals surface area contributed by atoms with Crippen LogP contribution in [0.25, 0.3) is 0 Å². The molecule has 0 bridgehead atoms. The van der Waals surface area contributed by atoms with Gasteiger partial charge in [-0.1, -0.05) is 12.1 Å². The Morgan fingerprint density at radius 2 is 2.19 bits per heavy atom. The quantitative estimate of drug-likeness (QED) is 0.902. The molecule has 2 aliphatic rings. The van der Waals surface area contributed by atoms with Gasteiger partial charge in [-0.3, -0.25) is 4.79 Å². The van der Waals surface area contributed by atoms with E-state index in [0.29, 0.717) is 19.1 Å². The topological polar surface area (TPSA) is 50.8 Å². The molecule has 2 atom stereocenters. The van der Waals surface area contributed by atoms with E-state index in [9.17, 15) is 4.79 Å². The number of nitrogens with one attached hydrogen (secondary N) is 1. The van der Waals surface area contributed by atoms with Crippen molar-refractivity contribution in [3.8, 4) is 5.75 Å². The molecular weight excluding hydrogens is 268 g/mol. The highest BCUT2D eigenvalue weighted by molar-refractivity contribution is 5.82. The molecule has 0 aliphatic carbocycles. The van der Waals surface area contributed by atoms with E-state index in [1.807, 2.05) is 17.0 Å². The van der Waals surface area contributed by atoms with Crippen LogP contribution in [0.3, 0.4) is 0 Å².